The normalized spacial score (nSPS) is 14.9. The van der Waals surface area contributed by atoms with Crippen molar-refractivity contribution in [2.75, 3.05) is 34.5 Å². The SMILES string of the molecule is COc1cccc(OCCOc2c(Cl)cc(C=C3SC(=S)N(C)C3=O)cc2OC)c1. The van der Waals surface area contributed by atoms with Crippen LogP contribution in [0.2, 0.25) is 5.02 Å². The third kappa shape index (κ3) is 5.19. The highest BCUT2D eigenvalue weighted by molar-refractivity contribution is 8.26. The summed E-state index contributed by atoms with van der Waals surface area (Å²) in [5, 5.41) is 0.369. The molecular weight excluding hydrogens is 446 g/mol. The molecule has 30 heavy (non-hydrogen) atoms. The van der Waals surface area contributed by atoms with Gasteiger partial charge in [-0.05, 0) is 35.9 Å². The minimum Gasteiger partial charge on any atom is -0.497 e. The molecule has 2 aromatic rings. The van der Waals surface area contributed by atoms with Crippen molar-refractivity contribution in [3.05, 3.63) is 51.9 Å². The molecule has 6 nitrogen and oxygen atoms in total. The summed E-state index contributed by atoms with van der Waals surface area (Å²) in [6.07, 6.45) is 1.73. The van der Waals surface area contributed by atoms with Crippen LogP contribution in [0.3, 0.4) is 0 Å². The molecule has 1 fully saturated rings. The van der Waals surface area contributed by atoms with Crippen LogP contribution in [0.25, 0.3) is 6.08 Å². The molecule has 0 saturated carbocycles. The van der Waals surface area contributed by atoms with E-state index in [2.05, 4.69) is 0 Å². The molecule has 9 heteroatoms. The molecule has 0 unspecified atom stereocenters. The summed E-state index contributed by atoms with van der Waals surface area (Å²) in [5.74, 6) is 2.12. The molecule has 0 N–H and O–H groups in total. The lowest BCUT2D eigenvalue weighted by Crippen LogP contribution is -2.22. The van der Waals surface area contributed by atoms with E-state index in [1.165, 1.54) is 23.8 Å². The predicted octanol–water partition coefficient (Wildman–Crippen LogP) is 4.65. The number of likely N-dealkylation sites (N-methyl/N-ethyl adjacent to an activating group) is 1. The van der Waals surface area contributed by atoms with Gasteiger partial charge in [-0.25, -0.2) is 0 Å². The summed E-state index contributed by atoms with van der Waals surface area (Å²) in [6, 6.07) is 10.8. The van der Waals surface area contributed by atoms with Crippen molar-refractivity contribution >= 4 is 51.9 Å². The number of nitrogens with zero attached hydrogens (tertiary/aromatic N) is 1. The van der Waals surface area contributed by atoms with Gasteiger partial charge in [-0.15, -0.1) is 0 Å². The summed E-state index contributed by atoms with van der Waals surface area (Å²) >= 11 is 12.8. The first-order valence-corrected chi connectivity index (χ1v) is 10.5. The Morgan fingerprint density at radius 1 is 1.10 bits per heavy atom. The maximum absolute atomic E-state index is 12.2. The number of benzene rings is 2. The molecule has 3 rings (SSSR count). The first kappa shape index (κ1) is 22.3. The van der Waals surface area contributed by atoms with Crippen molar-refractivity contribution in [3.8, 4) is 23.0 Å². The number of rotatable bonds is 8. The molecule has 0 aromatic heterocycles. The molecule has 0 atom stereocenters. The molecule has 0 radical (unpaired) electrons. The van der Waals surface area contributed by atoms with Gasteiger partial charge < -0.3 is 18.9 Å². The molecule has 2 aromatic carbocycles. The van der Waals surface area contributed by atoms with Crippen LogP contribution in [0.1, 0.15) is 5.56 Å². The van der Waals surface area contributed by atoms with E-state index in [1.54, 1.807) is 38.4 Å². The second-order valence-corrected chi connectivity index (χ2v) is 8.23. The Labute approximate surface area is 189 Å². The monoisotopic (exact) mass is 465 g/mol. The first-order valence-electron chi connectivity index (χ1n) is 8.91. The minimum atomic E-state index is -0.143. The molecule has 1 aliphatic heterocycles. The highest BCUT2D eigenvalue weighted by atomic mass is 35.5. The fraction of sp³-hybridized carbons (Fsp3) is 0.238. The van der Waals surface area contributed by atoms with Gasteiger partial charge in [0.2, 0.25) is 0 Å². The Kier molecular flexibility index (Phi) is 7.47. The number of ether oxygens (including phenoxy) is 4. The highest BCUT2D eigenvalue weighted by Crippen LogP contribution is 2.38. The lowest BCUT2D eigenvalue weighted by Gasteiger charge is -2.14. The summed E-state index contributed by atoms with van der Waals surface area (Å²) in [7, 11) is 4.78. The molecule has 1 aliphatic rings. The Morgan fingerprint density at radius 2 is 1.83 bits per heavy atom. The number of hydrogen-bond acceptors (Lipinski definition) is 7. The summed E-state index contributed by atoms with van der Waals surface area (Å²) in [4.78, 5) is 14.2. The number of thioether (sulfide) groups is 1. The third-order valence-electron chi connectivity index (χ3n) is 4.18. The molecule has 1 amide bonds. The molecule has 0 bridgehead atoms. The van der Waals surface area contributed by atoms with E-state index in [0.717, 1.165) is 0 Å². The van der Waals surface area contributed by atoms with Crippen LogP contribution in [-0.4, -0.2) is 49.6 Å². The largest absolute Gasteiger partial charge is 0.497 e. The van der Waals surface area contributed by atoms with E-state index in [-0.39, 0.29) is 12.5 Å². The Morgan fingerprint density at radius 3 is 2.50 bits per heavy atom. The Balaban J connectivity index is 1.67. The summed E-state index contributed by atoms with van der Waals surface area (Å²) in [6.45, 7) is 0.578. The smallest absolute Gasteiger partial charge is 0.265 e. The minimum absolute atomic E-state index is 0.143. The lowest BCUT2D eigenvalue weighted by atomic mass is 10.2. The molecule has 1 heterocycles. The van der Waals surface area contributed by atoms with Crippen LogP contribution in [0.4, 0.5) is 0 Å². The fourth-order valence-electron chi connectivity index (χ4n) is 2.65. The van der Waals surface area contributed by atoms with Gasteiger partial charge in [0.15, 0.2) is 11.5 Å². The van der Waals surface area contributed by atoms with Crippen LogP contribution in [0.15, 0.2) is 41.3 Å². The van der Waals surface area contributed by atoms with Gasteiger partial charge >= 0.3 is 0 Å². The zero-order valence-corrected chi connectivity index (χ0v) is 19.0. The molecule has 0 aliphatic carbocycles. The van der Waals surface area contributed by atoms with Gasteiger partial charge in [0, 0.05) is 13.1 Å². The molecular formula is C21H20ClNO5S2. The number of halogens is 1. The topological polar surface area (TPSA) is 57.2 Å². The van der Waals surface area contributed by atoms with Crippen molar-refractivity contribution in [2.45, 2.75) is 0 Å². The number of thiocarbonyl (C=S) groups is 1. The van der Waals surface area contributed by atoms with Crippen LogP contribution in [-0.2, 0) is 4.79 Å². The van der Waals surface area contributed by atoms with Crippen molar-refractivity contribution in [1.29, 1.82) is 0 Å². The van der Waals surface area contributed by atoms with Crippen LogP contribution in [0.5, 0.6) is 23.0 Å². The maximum Gasteiger partial charge on any atom is 0.265 e. The lowest BCUT2D eigenvalue weighted by molar-refractivity contribution is -0.121. The van der Waals surface area contributed by atoms with E-state index in [1.807, 2.05) is 18.2 Å². The number of carbonyl (C=O) groups excluding carboxylic acids is 1. The van der Waals surface area contributed by atoms with E-state index in [9.17, 15) is 4.79 Å². The van der Waals surface area contributed by atoms with Gasteiger partial charge in [-0.3, -0.25) is 9.69 Å². The molecule has 0 spiro atoms. The van der Waals surface area contributed by atoms with Crippen molar-refractivity contribution in [3.63, 3.8) is 0 Å². The highest BCUT2D eigenvalue weighted by Gasteiger charge is 2.28. The quantitative estimate of drug-likeness (QED) is 0.319. The average Bonchev–Trinajstić information content (AvgIpc) is 2.98. The van der Waals surface area contributed by atoms with Gasteiger partial charge in [0.1, 0.15) is 29.0 Å². The van der Waals surface area contributed by atoms with Crippen molar-refractivity contribution in [2.24, 2.45) is 0 Å². The van der Waals surface area contributed by atoms with Crippen molar-refractivity contribution in [1.82, 2.24) is 4.90 Å². The van der Waals surface area contributed by atoms with Crippen LogP contribution >= 0.6 is 35.6 Å². The average molecular weight is 466 g/mol. The zero-order chi connectivity index (χ0) is 21.7. The second-order valence-electron chi connectivity index (χ2n) is 6.15. The standard InChI is InChI=1S/C21H20ClNO5S2/c1-23-20(24)18(30-21(23)29)11-13-9-16(22)19(17(10-13)26-3)28-8-7-27-15-6-4-5-14(12-15)25-2/h4-6,9-12H,7-8H2,1-3H3. The van der Waals surface area contributed by atoms with E-state index in [0.29, 0.717) is 49.4 Å². The summed E-state index contributed by atoms with van der Waals surface area (Å²) < 4.78 is 22.6. The van der Waals surface area contributed by atoms with Crippen LogP contribution in [0, 0.1) is 0 Å². The predicted molar refractivity (Wildman–Crippen MR) is 123 cm³/mol. The van der Waals surface area contributed by atoms with Gasteiger partial charge in [-0.1, -0.05) is 41.6 Å². The van der Waals surface area contributed by atoms with Crippen molar-refractivity contribution < 1.29 is 23.7 Å². The molecule has 1 saturated heterocycles. The fourth-order valence-corrected chi connectivity index (χ4v) is 4.11. The Hall–Kier alpha value is -2.42. The second kappa shape index (κ2) is 10.1. The van der Waals surface area contributed by atoms with E-state index >= 15 is 0 Å². The summed E-state index contributed by atoms with van der Waals surface area (Å²) in [5.41, 5.74) is 0.714. The van der Waals surface area contributed by atoms with Gasteiger partial charge in [-0.2, -0.15) is 0 Å². The maximum atomic E-state index is 12.2. The number of amides is 1. The van der Waals surface area contributed by atoms with Crippen LogP contribution < -0.4 is 18.9 Å². The number of carbonyl (C=O) groups is 1. The zero-order valence-electron chi connectivity index (χ0n) is 16.6. The van der Waals surface area contributed by atoms with E-state index < -0.39 is 0 Å². The number of methoxy groups -OCH3 is 2. The van der Waals surface area contributed by atoms with E-state index in [4.69, 9.17) is 42.8 Å². The van der Waals surface area contributed by atoms with Gasteiger partial charge in [0.05, 0.1) is 24.1 Å². The first-order chi connectivity index (χ1) is 14.4. The van der Waals surface area contributed by atoms with Gasteiger partial charge in [0.25, 0.3) is 5.91 Å². The Bertz CT molecular complexity index is 995. The number of hydrogen-bond donors (Lipinski definition) is 0. The third-order valence-corrected chi connectivity index (χ3v) is 5.94. The molecule has 158 valence electrons.